The number of nitrogens with one attached hydrogen (secondary N) is 3. The quantitative estimate of drug-likeness (QED) is 0.0519. The first-order chi connectivity index (χ1) is 23.5. The van der Waals surface area contributed by atoms with Gasteiger partial charge in [0.25, 0.3) is 5.91 Å². The Morgan fingerprint density at radius 2 is 0.959 bits per heavy atom. The van der Waals surface area contributed by atoms with E-state index in [4.69, 9.17) is 5.11 Å². The monoisotopic (exact) mass is 1010 g/mol. The Balaban J connectivity index is 1.69. The van der Waals surface area contributed by atoms with Gasteiger partial charge in [0, 0.05) is 12.1 Å². The summed E-state index contributed by atoms with van der Waals surface area (Å²) in [6.45, 7) is 3.31. The number of rotatable bonds is 27. The average molecular weight is 1010 g/mol. The van der Waals surface area contributed by atoms with Crippen molar-refractivity contribution in [3.8, 4) is 0 Å². The Morgan fingerprint density at radius 3 is 1.35 bits per heavy atom. The Morgan fingerprint density at radius 1 is 0.571 bits per heavy atom. The predicted octanol–water partition coefficient (Wildman–Crippen LogP) is 11.0. The lowest BCUT2D eigenvalue weighted by molar-refractivity contribution is -0.137. The molecule has 2 aromatic carbocycles. The molecule has 0 aliphatic carbocycles. The van der Waals surface area contributed by atoms with E-state index >= 15 is 0 Å². The fraction of sp³-hybridized carbons (Fsp3) is 0.579. The number of carboxylic acids is 1. The molecule has 0 spiro atoms. The summed E-state index contributed by atoms with van der Waals surface area (Å²) in [7, 11) is 0. The number of anilines is 3. The first-order valence-corrected chi connectivity index (χ1v) is 21.0. The summed E-state index contributed by atoms with van der Waals surface area (Å²) < 4.78 is 2.27. The lowest BCUT2D eigenvalue weighted by Crippen LogP contribution is -2.21. The largest absolute Gasteiger partial charge is 0.481 e. The minimum Gasteiger partial charge on any atom is -0.481 e. The second kappa shape index (κ2) is 25.5. The molecule has 2 rings (SSSR count). The molecule has 0 atom stereocenters. The molecule has 0 saturated heterocycles. The number of benzene rings is 2. The molecule has 0 fully saturated rings. The number of carbonyl (C=O) groups excluding carboxylic acids is 3. The maximum Gasteiger partial charge on any atom is 0.303 e. The van der Waals surface area contributed by atoms with Gasteiger partial charge in [-0.1, -0.05) is 102 Å². The molecule has 2 aromatic rings. The second-order valence-corrected chi connectivity index (χ2v) is 16.1. The van der Waals surface area contributed by atoms with Gasteiger partial charge in [0.15, 0.2) is 0 Å². The van der Waals surface area contributed by atoms with Crippen LogP contribution in [0.2, 0.25) is 0 Å². The third kappa shape index (κ3) is 18.0. The zero-order valence-electron chi connectivity index (χ0n) is 29.2. The number of ketones is 2. The molecule has 0 unspecified atom stereocenters. The van der Waals surface area contributed by atoms with Gasteiger partial charge in [0.1, 0.15) is 11.6 Å². The van der Waals surface area contributed by atoms with E-state index in [1.807, 2.05) is 12.1 Å². The third-order valence-electron chi connectivity index (χ3n) is 8.39. The van der Waals surface area contributed by atoms with Crippen LogP contribution in [0.1, 0.15) is 139 Å². The number of hydrogen-bond acceptors (Lipinski definition) is 6. The summed E-state index contributed by atoms with van der Waals surface area (Å²) in [5.41, 5.74) is 3.88. The summed E-state index contributed by atoms with van der Waals surface area (Å²) in [6.07, 6.45) is 21.2. The molecule has 0 aliphatic rings. The lowest BCUT2D eigenvalue weighted by Gasteiger charge is -2.20. The average Bonchev–Trinajstić information content (AvgIpc) is 3.04. The van der Waals surface area contributed by atoms with E-state index in [0.29, 0.717) is 23.4 Å². The maximum absolute atomic E-state index is 13.6. The highest BCUT2D eigenvalue weighted by Crippen LogP contribution is 2.39. The van der Waals surface area contributed by atoms with Gasteiger partial charge in [0.2, 0.25) is 0 Å². The summed E-state index contributed by atoms with van der Waals surface area (Å²) in [4.78, 5) is 47.5. The second-order valence-electron chi connectivity index (χ2n) is 12.9. The molecule has 0 heterocycles. The first kappa shape index (κ1) is 43.7. The van der Waals surface area contributed by atoms with Gasteiger partial charge in [0.05, 0.1) is 40.7 Å². The van der Waals surface area contributed by atoms with Crippen LogP contribution in [0.5, 0.6) is 0 Å². The molecule has 0 bridgehead atoms. The molecule has 0 radical (unpaired) electrons. The molecule has 4 N–H and O–H groups in total. The highest BCUT2D eigenvalue weighted by molar-refractivity contribution is 14.1. The standard InChI is InChI=1S/C38H54I3N3O5/c1-27(45)25-42-36-33(39)32(34(40)37(35(36)41)43-26-28(2)46)38(49)44-30-23-21-29(22-24-30)19-17-15-13-11-9-7-5-3-4-6-8-10-12-14-16-18-20-31(47)48/h21-24,42-43H,3-20,25-26H2,1-2H3,(H,44,49)(H,47,48). The van der Waals surface area contributed by atoms with Crippen LogP contribution in [-0.2, 0) is 20.8 Å². The summed E-state index contributed by atoms with van der Waals surface area (Å²) in [5, 5.41) is 18.1. The predicted molar refractivity (Wildman–Crippen MR) is 227 cm³/mol. The fourth-order valence-corrected chi connectivity index (χ4v) is 10.0. The van der Waals surface area contributed by atoms with Gasteiger partial charge in [-0.05, 0) is 119 Å². The number of carboxylic acid groups (broad SMARTS) is 1. The van der Waals surface area contributed by atoms with E-state index in [0.717, 1.165) is 42.1 Å². The van der Waals surface area contributed by atoms with E-state index in [-0.39, 0.29) is 30.6 Å². The van der Waals surface area contributed by atoms with Gasteiger partial charge < -0.3 is 21.1 Å². The van der Waals surface area contributed by atoms with Crippen molar-refractivity contribution >= 4 is 108 Å². The normalized spacial score (nSPS) is 11.0. The van der Waals surface area contributed by atoms with Crippen molar-refractivity contribution in [2.24, 2.45) is 0 Å². The van der Waals surface area contributed by atoms with E-state index in [1.54, 1.807) is 0 Å². The number of halogens is 3. The van der Waals surface area contributed by atoms with E-state index in [9.17, 15) is 19.2 Å². The molecular formula is C38H54I3N3O5. The SMILES string of the molecule is CC(=O)CNc1c(I)c(NCC(C)=O)c(I)c(C(=O)Nc2ccc(CCCCCCCCCCCCCCCCCCC(=O)O)cc2)c1I. The fourth-order valence-electron chi connectivity index (χ4n) is 5.63. The Labute approximate surface area is 334 Å². The molecule has 11 heteroatoms. The summed E-state index contributed by atoms with van der Waals surface area (Å²) in [6, 6.07) is 8.08. The Bertz CT molecular complexity index is 1310. The van der Waals surface area contributed by atoms with Crippen molar-refractivity contribution in [3.63, 3.8) is 0 Å². The van der Waals surface area contributed by atoms with Crippen LogP contribution >= 0.6 is 67.8 Å². The van der Waals surface area contributed by atoms with E-state index in [2.05, 4.69) is 95.9 Å². The molecule has 0 saturated carbocycles. The lowest BCUT2D eigenvalue weighted by atomic mass is 10.0. The summed E-state index contributed by atoms with van der Waals surface area (Å²) >= 11 is 6.49. The number of carbonyl (C=O) groups is 4. The van der Waals surface area contributed by atoms with E-state index < -0.39 is 5.97 Å². The van der Waals surface area contributed by atoms with Crippen LogP contribution < -0.4 is 16.0 Å². The van der Waals surface area contributed by atoms with Crippen molar-refractivity contribution in [3.05, 3.63) is 46.1 Å². The highest BCUT2D eigenvalue weighted by atomic mass is 127. The number of aryl methyl sites for hydroxylation is 1. The third-order valence-corrected chi connectivity index (χ3v) is 11.6. The van der Waals surface area contributed by atoms with E-state index in [1.165, 1.54) is 103 Å². The maximum atomic E-state index is 13.6. The van der Waals surface area contributed by atoms with Crippen molar-refractivity contribution in [1.82, 2.24) is 0 Å². The van der Waals surface area contributed by atoms with Crippen LogP contribution in [0.3, 0.4) is 0 Å². The number of hydrogen-bond donors (Lipinski definition) is 4. The Kier molecular flexibility index (Phi) is 22.7. The molecule has 0 aliphatic heterocycles. The van der Waals surface area contributed by atoms with Gasteiger partial charge in [-0.15, -0.1) is 0 Å². The van der Waals surface area contributed by atoms with Gasteiger partial charge >= 0.3 is 5.97 Å². The highest BCUT2D eigenvalue weighted by Gasteiger charge is 2.25. The van der Waals surface area contributed by atoms with Crippen LogP contribution in [0.4, 0.5) is 17.1 Å². The first-order valence-electron chi connectivity index (χ1n) is 17.8. The van der Waals surface area contributed by atoms with Crippen LogP contribution in [0, 0.1) is 10.7 Å². The topological polar surface area (TPSA) is 125 Å². The van der Waals surface area contributed by atoms with Crippen LogP contribution in [0.15, 0.2) is 24.3 Å². The molecule has 0 aromatic heterocycles. The van der Waals surface area contributed by atoms with Crippen molar-refractivity contribution in [2.75, 3.05) is 29.0 Å². The number of Topliss-reactive ketones (excluding diaryl/α,β-unsaturated/α-hetero) is 2. The molecule has 8 nitrogen and oxygen atoms in total. The molecule has 1 amide bonds. The van der Waals surface area contributed by atoms with Gasteiger partial charge in [-0.25, -0.2) is 0 Å². The number of aliphatic carboxylic acids is 1. The molecular weight excluding hydrogens is 959 g/mol. The minimum absolute atomic E-state index is 0.0144. The zero-order valence-corrected chi connectivity index (χ0v) is 35.6. The van der Waals surface area contributed by atoms with Crippen molar-refractivity contribution < 1.29 is 24.3 Å². The minimum atomic E-state index is -0.678. The van der Waals surface area contributed by atoms with Gasteiger partial charge in [-0.2, -0.15) is 0 Å². The van der Waals surface area contributed by atoms with Crippen LogP contribution in [-0.4, -0.2) is 41.6 Å². The van der Waals surface area contributed by atoms with Crippen molar-refractivity contribution in [1.29, 1.82) is 0 Å². The number of unbranched alkanes of at least 4 members (excludes halogenated alkanes) is 15. The summed E-state index contributed by atoms with van der Waals surface area (Å²) in [5.74, 6) is -0.949. The Hall–Kier alpha value is -1.49. The molecule has 272 valence electrons. The van der Waals surface area contributed by atoms with Gasteiger partial charge in [-0.3, -0.25) is 19.2 Å². The zero-order chi connectivity index (χ0) is 36.0. The number of amides is 1. The molecule has 49 heavy (non-hydrogen) atoms. The van der Waals surface area contributed by atoms with Crippen molar-refractivity contribution in [2.45, 2.75) is 129 Å². The van der Waals surface area contributed by atoms with Crippen LogP contribution in [0.25, 0.3) is 0 Å². The smallest absolute Gasteiger partial charge is 0.303 e.